The van der Waals surface area contributed by atoms with E-state index < -0.39 is 10.0 Å². The van der Waals surface area contributed by atoms with Crippen LogP contribution in [0.3, 0.4) is 0 Å². The van der Waals surface area contributed by atoms with Crippen molar-refractivity contribution in [1.82, 2.24) is 14.1 Å². The molecule has 3 saturated heterocycles. The standard InChI is InChI=1S/C22H33N3O5S/c26-22(24-8-5-19(6-9-24)4-7-23-10-14-29-15-11-23)20-2-1-3-21(18-20)31(27,28)25-12-16-30-17-13-25/h1-3,18-19H,4-17H2. The lowest BCUT2D eigenvalue weighted by molar-refractivity contribution is 0.0332. The maximum atomic E-state index is 13.0. The van der Waals surface area contributed by atoms with E-state index in [1.165, 1.54) is 10.4 Å². The average Bonchev–Trinajstić information content (AvgIpc) is 2.84. The number of likely N-dealkylation sites (tertiary alicyclic amines) is 1. The first-order valence-corrected chi connectivity index (χ1v) is 12.8. The lowest BCUT2D eigenvalue weighted by Gasteiger charge is -2.34. The second-order valence-corrected chi connectivity index (χ2v) is 10.5. The maximum absolute atomic E-state index is 13.0. The Hall–Kier alpha value is -1.52. The molecule has 0 aliphatic carbocycles. The Morgan fingerprint density at radius 1 is 0.935 bits per heavy atom. The van der Waals surface area contributed by atoms with Gasteiger partial charge in [-0.3, -0.25) is 9.69 Å². The summed E-state index contributed by atoms with van der Waals surface area (Å²) in [6, 6.07) is 6.47. The molecule has 172 valence electrons. The van der Waals surface area contributed by atoms with E-state index in [2.05, 4.69) is 4.90 Å². The highest BCUT2D eigenvalue weighted by atomic mass is 32.2. The van der Waals surface area contributed by atoms with Crippen molar-refractivity contribution in [2.24, 2.45) is 5.92 Å². The lowest BCUT2D eigenvalue weighted by atomic mass is 9.93. The van der Waals surface area contributed by atoms with Gasteiger partial charge in [0.2, 0.25) is 10.0 Å². The van der Waals surface area contributed by atoms with E-state index in [0.717, 1.165) is 65.2 Å². The van der Waals surface area contributed by atoms with Crippen molar-refractivity contribution in [3.63, 3.8) is 0 Å². The second-order valence-electron chi connectivity index (χ2n) is 8.52. The van der Waals surface area contributed by atoms with E-state index in [-0.39, 0.29) is 10.8 Å². The molecule has 0 radical (unpaired) electrons. The first-order chi connectivity index (χ1) is 15.0. The number of hydrogen-bond acceptors (Lipinski definition) is 6. The average molecular weight is 452 g/mol. The van der Waals surface area contributed by atoms with Gasteiger partial charge in [0.25, 0.3) is 5.91 Å². The Morgan fingerprint density at radius 2 is 1.58 bits per heavy atom. The molecule has 0 bridgehead atoms. The molecule has 0 unspecified atom stereocenters. The molecule has 31 heavy (non-hydrogen) atoms. The van der Waals surface area contributed by atoms with Gasteiger partial charge >= 0.3 is 0 Å². The predicted octanol–water partition coefficient (Wildman–Crippen LogP) is 1.28. The first kappa shape index (κ1) is 22.7. The zero-order valence-electron chi connectivity index (χ0n) is 18.1. The minimum absolute atomic E-state index is 0.0781. The Labute approximate surface area is 185 Å². The fourth-order valence-corrected chi connectivity index (χ4v) is 5.98. The number of morpholine rings is 2. The van der Waals surface area contributed by atoms with Gasteiger partial charge in [-0.05, 0) is 49.9 Å². The van der Waals surface area contributed by atoms with Crippen LogP contribution in [0.15, 0.2) is 29.2 Å². The summed E-state index contributed by atoms with van der Waals surface area (Å²) >= 11 is 0. The molecule has 3 heterocycles. The third-order valence-corrected chi connectivity index (χ3v) is 8.44. The highest BCUT2D eigenvalue weighted by molar-refractivity contribution is 7.89. The number of carbonyl (C=O) groups excluding carboxylic acids is 1. The third kappa shape index (κ3) is 5.64. The van der Waals surface area contributed by atoms with Gasteiger partial charge in [0.05, 0.1) is 31.3 Å². The van der Waals surface area contributed by atoms with Crippen LogP contribution in [0.2, 0.25) is 0 Å². The minimum Gasteiger partial charge on any atom is -0.379 e. The van der Waals surface area contributed by atoms with Crippen LogP contribution in [0.1, 0.15) is 29.6 Å². The van der Waals surface area contributed by atoms with Crippen LogP contribution in [0.25, 0.3) is 0 Å². The Kier molecular flexibility index (Phi) is 7.60. The van der Waals surface area contributed by atoms with Crippen LogP contribution in [-0.2, 0) is 19.5 Å². The number of rotatable bonds is 6. The summed E-state index contributed by atoms with van der Waals surface area (Å²) in [5.74, 6) is 0.561. The highest BCUT2D eigenvalue weighted by Gasteiger charge is 2.28. The van der Waals surface area contributed by atoms with Crippen molar-refractivity contribution in [3.8, 4) is 0 Å². The van der Waals surface area contributed by atoms with E-state index in [1.54, 1.807) is 18.2 Å². The summed E-state index contributed by atoms with van der Waals surface area (Å²) in [7, 11) is -3.61. The van der Waals surface area contributed by atoms with E-state index >= 15 is 0 Å². The summed E-state index contributed by atoms with van der Waals surface area (Å²) < 4.78 is 37.9. The molecule has 3 fully saturated rings. The summed E-state index contributed by atoms with van der Waals surface area (Å²) in [5, 5.41) is 0. The molecule has 4 rings (SSSR count). The first-order valence-electron chi connectivity index (χ1n) is 11.3. The van der Waals surface area contributed by atoms with Gasteiger partial charge in [0, 0.05) is 44.8 Å². The molecule has 3 aliphatic heterocycles. The van der Waals surface area contributed by atoms with Crippen molar-refractivity contribution in [2.45, 2.75) is 24.2 Å². The van der Waals surface area contributed by atoms with E-state index in [1.807, 2.05) is 4.90 Å². The molecule has 3 aliphatic rings. The van der Waals surface area contributed by atoms with Crippen LogP contribution < -0.4 is 0 Å². The molecule has 1 amide bonds. The predicted molar refractivity (Wildman–Crippen MR) is 117 cm³/mol. The Morgan fingerprint density at radius 3 is 2.26 bits per heavy atom. The van der Waals surface area contributed by atoms with Gasteiger partial charge in [-0.15, -0.1) is 0 Å². The van der Waals surface area contributed by atoms with Crippen molar-refractivity contribution in [1.29, 1.82) is 0 Å². The zero-order chi connectivity index (χ0) is 21.7. The molecule has 1 aromatic rings. The van der Waals surface area contributed by atoms with Gasteiger partial charge in [-0.1, -0.05) is 6.07 Å². The Bertz CT molecular complexity index is 842. The Balaban J connectivity index is 1.32. The SMILES string of the molecule is O=C(c1cccc(S(=O)(=O)N2CCOCC2)c1)N1CCC(CCN2CCOCC2)CC1. The van der Waals surface area contributed by atoms with E-state index in [4.69, 9.17) is 9.47 Å². The van der Waals surface area contributed by atoms with Gasteiger partial charge < -0.3 is 14.4 Å². The summed E-state index contributed by atoms with van der Waals surface area (Å²) in [6.07, 6.45) is 3.17. The van der Waals surface area contributed by atoms with Crippen molar-refractivity contribution < 1.29 is 22.7 Å². The normalized spacial score (nSPS) is 22.5. The number of piperidine rings is 1. The fraction of sp³-hybridized carbons (Fsp3) is 0.682. The van der Waals surface area contributed by atoms with Gasteiger partial charge in [-0.2, -0.15) is 4.31 Å². The number of hydrogen-bond donors (Lipinski definition) is 0. The molecule has 0 aromatic heterocycles. The molecule has 1 aromatic carbocycles. The number of carbonyl (C=O) groups is 1. The van der Waals surface area contributed by atoms with Gasteiger partial charge in [-0.25, -0.2) is 8.42 Å². The van der Waals surface area contributed by atoms with Gasteiger partial charge in [0.1, 0.15) is 0 Å². The quantitative estimate of drug-likeness (QED) is 0.648. The molecule has 8 nitrogen and oxygen atoms in total. The minimum atomic E-state index is -3.61. The molecular formula is C22H33N3O5S. The van der Waals surface area contributed by atoms with Crippen LogP contribution >= 0.6 is 0 Å². The van der Waals surface area contributed by atoms with Crippen molar-refractivity contribution in [3.05, 3.63) is 29.8 Å². The van der Waals surface area contributed by atoms with Crippen LogP contribution in [0.5, 0.6) is 0 Å². The van der Waals surface area contributed by atoms with Crippen LogP contribution in [0, 0.1) is 5.92 Å². The zero-order valence-corrected chi connectivity index (χ0v) is 18.9. The monoisotopic (exact) mass is 451 g/mol. The molecule has 0 N–H and O–H groups in total. The molecule has 0 atom stereocenters. The number of ether oxygens (including phenoxy) is 2. The third-order valence-electron chi connectivity index (χ3n) is 6.55. The van der Waals surface area contributed by atoms with E-state index in [9.17, 15) is 13.2 Å². The number of amides is 1. The largest absolute Gasteiger partial charge is 0.379 e. The van der Waals surface area contributed by atoms with Crippen LogP contribution in [-0.4, -0.2) is 101 Å². The van der Waals surface area contributed by atoms with Crippen molar-refractivity contribution >= 4 is 15.9 Å². The lowest BCUT2D eigenvalue weighted by Crippen LogP contribution is -2.41. The van der Waals surface area contributed by atoms with Gasteiger partial charge in [0.15, 0.2) is 0 Å². The summed E-state index contributed by atoms with van der Waals surface area (Å²) in [4.78, 5) is 17.6. The summed E-state index contributed by atoms with van der Waals surface area (Å²) in [6.45, 7) is 7.74. The number of nitrogens with zero attached hydrogens (tertiary/aromatic N) is 3. The van der Waals surface area contributed by atoms with Crippen molar-refractivity contribution in [2.75, 3.05) is 72.2 Å². The molecule has 0 spiro atoms. The maximum Gasteiger partial charge on any atom is 0.253 e. The summed E-state index contributed by atoms with van der Waals surface area (Å²) in [5.41, 5.74) is 0.445. The fourth-order valence-electron chi connectivity index (χ4n) is 4.52. The molecular weight excluding hydrogens is 418 g/mol. The molecule has 9 heteroatoms. The van der Waals surface area contributed by atoms with E-state index in [0.29, 0.717) is 37.8 Å². The highest BCUT2D eigenvalue weighted by Crippen LogP contribution is 2.24. The second kappa shape index (κ2) is 10.4. The topological polar surface area (TPSA) is 79.4 Å². The number of benzene rings is 1. The number of sulfonamides is 1. The van der Waals surface area contributed by atoms with Crippen LogP contribution in [0.4, 0.5) is 0 Å². The smallest absolute Gasteiger partial charge is 0.253 e. The molecule has 0 saturated carbocycles.